The molecule has 0 saturated heterocycles. The molecule has 1 aliphatic heterocycles. The molecule has 0 fully saturated rings. The average Bonchev–Trinajstić information content (AvgIpc) is 3.02. The minimum absolute atomic E-state index is 0.0401. The molecule has 0 atom stereocenters. The molecule has 0 radical (unpaired) electrons. The molecule has 3 aromatic carbocycles. The van der Waals surface area contributed by atoms with E-state index in [1.807, 2.05) is 0 Å². The molecule has 4 aromatic rings. The second-order valence-corrected chi connectivity index (χ2v) is 8.15. The number of hydrogen-bond donors (Lipinski definition) is 1. The summed E-state index contributed by atoms with van der Waals surface area (Å²) in [6, 6.07) is 15.8. The topological polar surface area (TPSA) is 76.5 Å². The molecule has 1 aromatic heterocycles. The van der Waals surface area contributed by atoms with E-state index >= 15 is 0 Å². The third-order valence-corrected chi connectivity index (χ3v) is 5.77. The number of benzene rings is 3. The van der Waals surface area contributed by atoms with E-state index in [1.165, 1.54) is 19.2 Å². The van der Waals surface area contributed by atoms with Crippen molar-refractivity contribution in [1.29, 1.82) is 0 Å². The van der Waals surface area contributed by atoms with E-state index < -0.39 is 17.6 Å². The predicted octanol–water partition coefficient (Wildman–Crippen LogP) is 5.96. The lowest BCUT2D eigenvalue weighted by Crippen LogP contribution is -2.08. The fourth-order valence-corrected chi connectivity index (χ4v) is 4.01. The largest absolute Gasteiger partial charge is 0.465 e. The van der Waals surface area contributed by atoms with Crippen LogP contribution in [0.25, 0.3) is 11.3 Å². The molecule has 0 amide bonds. The first-order valence-corrected chi connectivity index (χ1v) is 10.9. The molecule has 0 saturated carbocycles. The number of fused-ring (bicyclic) bond motifs is 3. The third kappa shape index (κ3) is 4.36. The Hall–Kier alpha value is -4.17. The number of halogens is 3. The summed E-state index contributed by atoms with van der Waals surface area (Å²) in [5.41, 5.74) is 3.91. The van der Waals surface area contributed by atoms with Crippen molar-refractivity contribution in [3.8, 4) is 11.3 Å². The second kappa shape index (κ2) is 9.23. The van der Waals surface area contributed by atoms with Crippen molar-refractivity contribution in [3.63, 3.8) is 0 Å². The lowest BCUT2D eigenvalue weighted by atomic mass is 9.95. The van der Waals surface area contributed by atoms with E-state index in [-0.39, 0.29) is 17.8 Å². The van der Waals surface area contributed by atoms with Crippen LogP contribution in [0.5, 0.6) is 0 Å². The summed E-state index contributed by atoms with van der Waals surface area (Å²) in [7, 11) is 1.32. The van der Waals surface area contributed by atoms with Gasteiger partial charge in [-0.3, -0.25) is 4.99 Å². The van der Waals surface area contributed by atoms with Gasteiger partial charge in [-0.2, -0.15) is 0 Å². The molecule has 1 N–H and O–H groups in total. The van der Waals surface area contributed by atoms with Gasteiger partial charge in [0, 0.05) is 39.2 Å². The zero-order valence-corrected chi connectivity index (χ0v) is 19.1. The van der Waals surface area contributed by atoms with Gasteiger partial charge >= 0.3 is 5.97 Å². The maximum Gasteiger partial charge on any atom is 0.337 e. The van der Waals surface area contributed by atoms with E-state index in [2.05, 4.69) is 20.3 Å². The van der Waals surface area contributed by atoms with Crippen LogP contribution in [-0.4, -0.2) is 28.8 Å². The van der Waals surface area contributed by atoms with Crippen molar-refractivity contribution < 1.29 is 18.3 Å². The molecule has 2 heterocycles. The predicted molar refractivity (Wildman–Crippen MR) is 129 cm³/mol. The molecule has 5 rings (SSSR count). The van der Waals surface area contributed by atoms with Gasteiger partial charge in [-0.15, -0.1) is 0 Å². The fraction of sp³-hybridized carbons (Fsp3) is 0.0769. The summed E-state index contributed by atoms with van der Waals surface area (Å²) >= 11 is 6.26. The first kappa shape index (κ1) is 22.6. The fourth-order valence-electron chi connectivity index (χ4n) is 3.84. The van der Waals surface area contributed by atoms with Gasteiger partial charge in [0.05, 0.1) is 30.6 Å². The highest BCUT2D eigenvalue weighted by molar-refractivity contribution is 6.31. The first-order chi connectivity index (χ1) is 16.9. The van der Waals surface area contributed by atoms with Gasteiger partial charge in [0.2, 0.25) is 5.95 Å². The highest BCUT2D eigenvalue weighted by atomic mass is 35.5. The Morgan fingerprint density at radius 2 is 1.83 bits per heavy atom. The van der Waals surface area contributed by atoms with Gasteiger partial charge in [-0.05, 0) is 48.5 Å². The summed E-state index contributed by atoms with van der Waals surface area (Å²) in [6.07, 6.45) is 1.64. The molecule has 1 aliphatic rings. The number of nitrogens with one attached hydrogen (secondary N) is 1. The molecular weight excluding hydrogens is 474 g/mol. The van der Waals surface area contributed by atoms with Crippen LogP contribution >= 0.6 is 11.6 Å². The molecule has 0 bridgehead atoms. The van der Waals surface area contributed by atoms with Gasteiger partial charge in [0.15, 0.2) is 11.6 Å². The van der Waals surface area contributed by atoms with Crippen molar-refractivity contribution in [2.75, 3.05) is 12.4 Å². The number of anilines is 2. The monoisotopic (exact) mass is 490 g/mol. The molecule has 35 heavy (non-hydrogen) atoms. The van der Waals surface area contributed by atoms with Crippen molar-refractivity contribution in [2.45, 2.75) is 6.54 Å². The van der Waals surface area contributed by atoms with Crippen LogP contribution in [0.2, 0.25) is 5.02 Å². The van der Waals surface area contributed by atoms with Crippen molar-refractivity contribution >= 4 is 34.9 Å². The number of methoxy groups -OCH3 is 1. The molecule has 0 spiro atoms. The Labute approximate surface area is 204 Å². The van der Waals surface area contributed by atoms with Crippen LogP contribution in [0.15, 0.2) is 71.9 Å². The minimum Gasteiger partial charge on any atom is -0.465 e. The molecule has 0 aliphatic carbocycles. The van der Waals surface area contributed by atoms with Gasteiger partial charge in [-0.1, -0.05) is 23.7 Å². The lowest BCUT2D eigenvalue weighted by Gasteiger charge is -2.13. The quantitative estimate of drug-likeness (QED) is 0.357. The van der Waals surface area contributed by atoms with Crippen LogP contribution < -0.4 is 5.32 Å². The van der Waals surface area contributed by atoms with Crippen LogP contribution in [0.4, 0.5) is 20.4 Å². The molecule has 174 valence electrons. The van der Waals surface area contributed by atoms with Crippen LogP contribution in [0.1, 0.15) is 27.0 Å². The number of hydrogen-bond acceptors (Lipinski definition) is 6. The number of esters is 1. The highest BCUT2D eigenvalue weighted by Gasteiger charge is 2.24. The number of nitrogens with zero attached hydrogens (tertiary/aromatic N) is 3. The Bertz CT molecular complexity index is 1490. The number of carbonyl (C=O) groups excluding carboxylic acids is 1. The summed E-state index contributed by atoms with van der Waals surface area (Å²) in [4.78, 5) is 25.3. The molecule has 6 nitrogen and oxygen atoms in total. The van der Waals surface area contributed by atoms with E-state index in [0.717, 1.165) is 6.07 Å². The Morgan fingerprint density at radius 3 is 2.60 bits per heavy atom. The van der Waals surface area contributed by atoms with Crippen LogP contribution in [0, 0.1) is 11.6 Å². The molecule has 9 heteroatoms. The van der Waals surface area contributed by atoms with E-state index in [0.29, 0.717) is 44.6 Å². The molecule has 0 unspecified atom stereocenters. The lowest BCUT2D eigenvalue weighted by molar-refractivity contribution is 0.0601. The summed E-state index contributed by atoms with van der Waals surface area (Å²) in [5, 5.41) is 3.54. The zero-order chi connectivity index (χ0) is 24.5. The van der Waals surface area contributed by atoms with E-state index in [4.69, 9.17) is 16.3 Å². The van der Waals surface area contributed by atoms with Crippen molar-refractivity contribution in [1.82, 2.24) is 9.97 Å². The zero-order valence-electron chi connectivity index (χ0n) is 18.3. The van der Waals surface area contributed by atoms with Crippen molar-refractivity contribution in [3.05, 3.63) is 106 Å². The average molecular weight is 491 g/mol. The van der Waals surface area contributed by atoms with Gasteiger partial charge in [0.25, 0.3) is 0 Å². The SMILES string of the molecule is COC(=O)c1ccc(Nc2ncc3c(n2)-c2ccc(Cl)cc2C(c2cccc(F)c2F)=NC3)cc1. The Kier molecular flexibility index (Phi) is 5.96. The normalized spacial score (nSPS) is 12.2. The third-order valence-electron chi connectivity index (χ3n) is 5.53. The smallest absolute Gasteiger partial charge is 0.337 e. The van der Waals surface area contributed by atoms with E-state index in [9.17, 15) is 13.6 Å². The Balaban J connectivity index is 1.55. The maximum absolute atomic E-state index is 14.7. The van der Waals surface area contributed by atoms with Gasteiger partial charge < -0.3 is 10.1 Å². The minimum atomic E-state index is -0.980. The summed E-state index contributed by atoms with van der Waals surface area (Å²) in [6.45, 7) is 0.168. The second-order valence-electron chi connectivity index (χ2n) is 7.72. The number of carbonyl (C=O) groups is 1. The first-order valence-electron chi connectivity index (χ1n) is 10.5. The van der Waals surface area contributed by atoms with E-state index in [1.54, 1.807) is 48.7 Å². The number of ether oxygens (including phenoxy) is 1. The number of rotatable bonds is 4. The maximum atomic E-state index is 14.7. The summed E-state index contributed by atoms with van der Waals surface area (Å²) in [5.74, 6) is -2.05. The van der Waals surface area contributed by atoms with Gasteiger partial charge in [-0.25, -0.2) is 23.5 Å². The van der Waals surface area contributed by atoms with Crippen LogP contribution in [-0.2, 0) is 11.3 Å². The van der Waals surface area contributed by atoms with Crippen molar-refractivity contribution in [2.24, 2.45) is 4.99 Å². The highest BCUT2D eigenvalue weighted by Crippen LogP contribution is 2.34. The Morgan fingerprint density at radius 1 is 1.03 bits per heavy atom. The molecular formula is C26H17ClF2N4O2. The van der Waals surface area contributed by atoms with Gasteiger partial charge in [0.1, 0.15) is 0 Å². The standard InChI is InChI=1S/C26H17ClF2N4O2/c1-35-25(34)14-5-8-17(9-6-14)32-26-31-13-15-12-30-24(19-3-2-4-21(28)22(19)29)20-11-16(27)7-10-18(20)23(15)33-26/h2-11,13H,12H2,1H3,(H,31,32,33). The summed E-state index contributed by atoms with van der Waals surface area (Å²) < 4.78 is 33.4. The number of aromatic nitrogens is 2. The number of aliphatic imine (C=N–C) groups is 1. The van der Waals surface area contributed by atoms with Crippen LogP contribution in [0.3, 0.4) is 0 Å².